The van der Waals surface area contributed by atoms with Crippen LogP contribution in [0.1, 0.15) is 53.1 Å². The zero-order valence-electron chi connectivity index (χ0n) is 13.9. The topological polar surface area (TPSA) is 44.1 Å². The molecule has 0 aromatic heterocycles. The van der Waals surface area contributed by atoms with E-state index in [1.807, 2.05) is 17.0 Å². The number of nitrogens with zero attached hydrogens (tertiary/aromatic N) is 2. The summed E-state index contributed by atoms with van der Waals surface area (Å²) in [4.78, 5) is 15.0. The fourth-order valence-corrected chi connectivity index (χ4v) is 4.42. The molecule has 0 N–H and O–H groups in total. The van der Waals surface area contributed by atoms with Crippen LogP contribution in [-0.4, -0.2) is 22.9 Å². The monoisotopic (exact) mass is 334 g/mol. The molecule has 4 heteroatoms. The van der Waals surface area contributed by atoms with E-state index in [4.69, 9.17) is 0 Å². The SMILES string of the molecule is N#Cc1ccccc1C(=O)N1C2CCC1CC(c1ccc(F)cc1)C2. The Morgan fingerprint density at radius 3 is 2.32 bits per heavy atom. The summed E-state index contributed by atoms with van der Waals surface area (Å²) in [5, 5.41) is 9.27. The highest BCUT2D eigenvalue weighted by Gasteiger charge is 2.44. The van der Waals surface area contributed by atoms with Gasteiger partial charge in [0.2, 0.25) is 0 Å². The maximum Gasteiger partial charge on any atom is 0.255 e. The standard InChI is InChI=1S/C21H19FN2O/c22-17-7-5-14(6-8-17)16-11-18-9-10-19(12-16)24(18)21(25)20-4-2-1-3-15(20)13-23/h1-8,16,18-19H,9-12H2. The van der Waals surface area contributed by atoms with E-state index in [-0.39, 0.29) is 23.8 Å². The minimum Gasteiger partial charge on any atom is -0.333 e. The van der Waals surface area contributed by atoms with Gasteiger partial charge in [0.1, 0.15) is 5.82 Å². The first-order valence-electron chi connectivity index (χ1n) is 8.74. The van der Waals surface area contributed by atoms with E-state index in [9.17, 15) is 14.4 Å². The lowest BCUT2D eigenvalue weighted by Crippen LogP contribution is -2.46. The fourth-order valence-electron chi connectivity index (χ4n) is 4.42. The average molecular weight is 334 g/mol. The van der Waals surface area contributed by atoms with Crippen molar-refractivity contribution >= 4 is 5.91 Å². The Kier molecular flexibility index (Phi) is 4.01. The second-order valence-electron chi connectivity index (χ2n) is 6.97. The van der Waals surface area contributed by atoms with Crippen molar-refractivity contribution in [3.63, 3.8) is 0 Å². The Bertz CT molecular complexity index is 826. The molecule has 2 aliphatic heterocycles. The summed E-state index contributed by atoms with van der Waals surface area (Å²) in [5.41, 5.74) is 2.09. The molecule has 2 saturated heterocycles. The van der Waals surface area contributed by atoms with E-state index in [2.05, 4.69) is 6.07 Å². The number of benzene rings is 2. The zero-order valence-corrected chi connectivity index (χ0v) is 13.9. The molecule has 0 radical (unpaired) electrons. The maximum absolute atomic E-state index is 13.2. The Morgan fingerprint density at radius 2 is 1.68 bits per heavy atom. The third-order valence-electron chi connectivity index (χ3n) is 5.59. The van der Waals surface area contributed by atoms with Crippen LogP contribution >= 0.6 is 0 Å². The number of hydrogen-bond donors (Lipinski definition) is 0. The number of amides is 1. The van der Waals surface area contributed by atoms with E-state index in [1.165, 1.54) is 12.1 Å². The molecule has 2 bridgehead atoms. The van der Waals surface area contributed by atoms with Gasteiger partial charge < -0.3 is 4.90 Å². The first kappa shape index (κ1) is 15.8. The van der Waals surface area contributed by atoms with Gasteiger partial charge in [-0.05, 0) is 61.4 Å². The van der Waals surface area contributed by atoms with Crippen molar-refractivity contribution in [2.24, 2.45) is 0 Å². The summed E-state index contributed by atoms with van der Waals surface area (Å²) >= 11 is 0. The van der Waals surface area contributed by atoms with Gasteiger partial charge in [0.25, 0.3) is 5.91 Å². The van der Waals surface area contributed by atoms with Gasteiger partial charge in [-0.2, -0.15) is 5.26 Å². The second-order valence-corrected chi connectivity index (χ2v) is 6.97. The molecule has 3 nitrogen and oxygen atoms in total. The van der Waals surface area contributed by atoms with Crippen molar-refractivity contribution in [3.05, 3.63) is 71.0 Å². The van der Waals surface area contributed by atoms with Crippen LogP contribution < -0.4 is 0 Å². The molecule has 2 fully saturated rings. The van der Waals surface area contributed by atoms with Gasteiger partial charge in [-0.25, -0.2) is 4.39 Å². The van der Waals surface area contributed by atoms with Gasteiger partial charge in [0.05, 0.1) is 17.2 Å². The van der Waals surface area contributed by atoms with Crippen molar-refractivity contribution < 1.29 is 9.18 Å². The summed E-state index contributed by atoms with van der Waals surface area (Å²) in [5.74, 6) is 0.128. The first-order valence-corrected chi connectivity index (χ1v) is 8.74. The lowest BCUT2D eigenvalue weighted by atomic mass is 9.84. The van der Waals surface area contributed by atoms with Crippen LogP contribution in [0, 0.1) is 17.1 Å². The van der Waals surface area contributed by atoms with Gasteiger partial charge in [0.15, 0.2) is 0 Å². The van der Waals surface area contributed by atoms with Crippen LogP contribution in [0.2, 0.25) is 0 Å². The van der Waals surface area contributed by atoms with E-state index < -0.39 is 0 Å². The second kappa shape index (κ2) is 6.33. The zero-order chi connectivity index (χ0) is 17.4. The van der Waals surface area contributed by atoms with Crippen LogP contribution in [-0.2, 0) is 0 Å². The smallest absolute Gasteiger partial charge is 0.255 e. The van der Waals surface area contributed by atoms with Crippen molar-refractivity contribution in [2.45, 2.75) is 43.7 Å². The number of hydrogen-bond acceptors (Lipinski definition) is 2. The Labute approximate surface area is 146 Å². The minimum absolute atomic E-state index is 0.0257. The molecule has 2 aliphatic rings. The lowest BCUT2D eigenvalue weighted by molar-refractivity contribution is 0.0571. The molecule has 2 aromatic carbocycles. The van der Waals surface area contributed by atoms with Gasteiger partial charge in [-0.15, -0.1) is 0 Å². The molecule has 0 aliphatic carbocycles. The number of rotatable bonds is 2. The molecule has 0 saturated carbocycles. The van der Waals surface area contributed by atoms with E-state index in [1.54, 1.807) is 24.3 Å². The quantitative estimate of drug-likeness (QED) is 0.824. The van der Waals surface area contributed by atoms with Crippen LogP contribution in [0.5, 0.6) is 0 Å². The minimum atomic E-state index is -0.215. The molecule has 2 heterocycles. The molecular formula is C21H19FN2O. The molecule has 2 unspecified atom stereocenters. The highest BCUT2D eigenvalue weighted by Crippen LogP contribution is 2.43. The van der Waals surface area contributed by atoms with Gasteiger partial charge in [-0.1, -0.05) is 24.3 Å². The predicted molar refractivity (Wildman–Crippen MR) is 92.5 cm³/mol. The third-order valence-corrected chi connectivity index (χ3v) is 5.59. The largest absolute Gasteiger partial charge is 0.333 e. The highest BCUT2D eigenvalue weighted by atomic mass is 19.1. The van der Waals surface area contributed by atoms with Crippen molar-refractivity contribution in [2.75, 3.05) is 0 Å². The number of piperidine rings is 1. The van der Waals surface area contributed by atoms with E-state index in [0.29, 0.717) is 17.0 Å². The summed E-state index contributed by atoms with van der Waals surface area (Å²) in [6.45, 7) is 0. The average Bonchev–Trinajstić information content (AvgIpc) is 2.91. The maximum atomic E-state index is 13.2. The predicted octanol–water partition coefficient (Wildman–Crippen LogP) is 4.25. The summed E-state index contributed by atoms with van der Waals surface area (Å²) in [6.07, 6.45) is 3.82. The Hall–Kier alpha value is -2.67. The van der Waals surface area contributed by atoms with Crippen LogP contribution in [0.4, 0.5) is 4.39 Å². The summed E-state index contributed by atoms with van der Waals surface area (Å²) in [7, 11) is 0. The van der Waals surface area contributed by atoms with E-state index in [0.717, 1.165) is 31.2 Å². The van der Waals surface area contributed by atoms with Crippen LogP contribution in [0.3, 0.4) is 0 Å². The number of halogens is 1. The summed E-state index contributed by atoms with van der Waals surface area (Å²) in [6, 6.07) is 16.3. The lowest BCUT2D eigenvalue weighted by Gasteiger charge is -2.39. The first-order chi connectivity index (χ1) is 12.2. The van der Waals surface area contributed by atoms with Gasteiger partial charge in [0, 0.05) is 12.1 Å². The Balaban J connectivity index is 1.57. The molecule has 2 atom stereocenters. The molecule has 0 spiro atoms. The number of nitriles is 1. The summed E-state index contributed by atoms with van der Waals surface area (Å²) < 4.78 is 13.2. The molecule has 1 amide bonds. The fraction of sp³-hybridized carbons (Fsp3) is 0.333. The van der Waals surface area contributed by atoms with Crippen LogP contribution in [0.15, 0.2) is 48.5 Å². The molecular weight excluding hydrogens is 315 g/mol. The van der Waals surface area contributed by atoms with Crippen molar-refractivity contribution in [1.82, 2.24) is 4.90 Å². The van der Waals surface area contributed by atoms with Crippen molar-refractivity contribution in [1.29, 1.82) is 5.26 Å². The molecule has 126 valence electrons. The van der Waals surface area contributed by atoms with Gasteiger partial charge in [-0.3, -0.25) is 4.79 Å². The normalized spacial score (nSPS) is 24.8. The molecule has 2 aromatic rings. The van der Waals surface area contributed by atoms with E-state index >= 15 is 0 Å². The highest BCUT2D eigenvalue weighted by molar-refractivity contribution is 5.97. The molecule has 25 heavy (non-hydrogen) atoms. The number of fused-ring (bicyclic) bond motifs is 2. The third kappa shape index (κ3) is 2.80. The van der Waals surface area contributed by atoms with Crippen LogP contribution in [0.25, 0.3) is 0 Å². The van der Waals surface area contributed by atoms with Gasteiger partial charge >= 0.3 is 0 Å². The number of carbonyl (C=O) groups is 1. The Morgan fingerprint density at radius 1 is 1.04 bits per heavy atom. The number of carbonyl (C=O) groups excluding carboxylic acids is 1. The molecule has 4 rings (SSSR count). The van der Waals surface area contributed by atoms with Crippen molar-refractivity contribution in [3.8, 4) is 6.07 Å².